The minimum absolute atomic E-state index is 0.171. The van der Waals surface area contributed by atoms with Gasteiger partial charge >= 0.3 is 0 Å². The zero-order chi connectivity index (χ0) is 21.1. The summed E-state index contributed by atoms with van der Waals surface area (Å²) < 4.78 is 5.39. The van der Waals surface area contributed by atoms with E-state index in [0.717, 1.165) is 18.2 Å². The first kappa shape index (κ1) is 19.5. The molecule has 11 nitrogen and oxygen atoms in total. The number of hydrogen-bond donors (Lipinski definition) is 1. The van der Waals surface area contributed by atoms with Gasteiger partial charge in [0, 0.05) is 30.4 Å². The Hall–Kier alpha value is -4.28. The molecule has 0 atom stereocenters. The lowest BCUT2D eigenvalue weighted by atomic mass is 10.1. The summed E-state index contributed by atoms with van der Waals surface area (Å²) in [7, 11) is 0. The van der Waals surface area contributed by atoms with Crippen LogP contribution < -0.4 is 15.0 Å². The smallest absolute Gasteiger partial charge is 0.277 e. The first-order valence-corrected chi connectivity index (χ1v) is 8.23. The number of carbonyl (C=O) groups is 2. The lowest BCUT2D eigenvalue weighted by Gasteiger charge is -2.28. The molecular weight excluding hydrogens is 384 g/mol. The van der Waals surface area contributed by atoms with Gasteiger partial charge in [-0.15, -0.1) is 6.58 Å². The molecule has 0 saturated heterocycles. The molecule has 2 amide bonds. The van der Waals surface area contributed by atoms with Gasteiger partial charge in [0.15, 0.2) is 6.61 Å². The van der Waals surface area contributed by atoms with Crippen LogP contribution in [0.3, 0.4) is 0 Å². The number of nitrogens with zero attached hydrogens (tertiary/aromatic N) is 3. The summed E-state index contributed by atoms with van der Waals surface area (Å²) in [5, 5.41) is 24.5. The average Bonchev–Trinajstić information content (AvgIpc) is 2.69. The van der Waals surface area contributed by atoms with E-state index in [1.807, 2.05) is 0 Å². The molecule has 1 aliphatic rings. The van der Waals surface area contributed by atoms with Crippen LogP contribution in [0.2, 0.25) is 0 Å². The second kappa shape index (κ2) is 7.76. The predicted octanol–water partition coefficient (Wildman–Crippen LogP) is 2.67. The van der Waals surface area contributed by atoms with Crippen molar-refractivity contribution in [1.82, 2.24) is 0 Å². The van der Waals surface area contributed by atoms with E-state index in [9.17, 15) is 29.8 Å². The van der Waals surface area contributed by atoms with E-state index in [0.29, 0.717) is 11.4 Å². The normalized spacial score (nSPS) is 12.6. The minimum Gasteiger partial charge on any atom is -0.481 e. The number of rotatable bonds is 6. The maximum atomic E-state index is 12.5. The van der Waals surface area contributed by atoms with Crippen molar-refractivity contribution >= 4 is 34.6 Å². The first-order chi connectivity index (χ1) is 13.8. The number of non-ortho nitro benzene ring substituents is 2. The maximum absolute atomic E-state index is 12.5. The molecule has 0 aromatic heterocycles. The number of nitrogens with one attached hydrogen (secondary N) is 1. The van der Waals surface area contributed by atoms with Gasteiger partial charge in [-0.2, -0.15) is 0 Å². The number of benzene rings is 2. The molecule has 0 saturated carbocycles. The van der Waals surface area contributed by atoms with Gasteiger partial charge in [-0.05, 0) is 12.1 Å². The Morgan fingerprint density at radius 2 is 1.83 bits per heavy atom. The number of carbonyl (C=O) groups excluding carboxylic acids is 2. The van der Waals surface area contributed by atoms with E-state index in [-0.39, 0.29) is 30.3 Å². The van der Waals surface area contributed by atoms with Gasteiger partial charge in [0.05, 0.1) is 27.2 Å². The molecule has 29 heavy (non-hydrogen) atoms. The van der Waals surface area contributed by atoms with E-state index < -0.39 is 27.1 Å². The summed E-state index contributed by atoms with van der Waals surface area (Å²) in [6.07, 6.45) is 1.57. The second-order valence-corrected chi connectivity index (χ2v) is 5.97. The fraction of sp³-hybridized carbons (Fsp3) is 0.111. The molecule has 3 rings (SSSR count). The van der Waals surface area contributed by atoms with Crippen molar-refractivity contribution in [2.75, 3.05) is 23.4 Å². The molecule has 0 aliphatic carbocycles. The zero-order valence-corrected chi connectivity index (χ0v) is 14.9. The molecule has 0 radical (unpaired) electrons. The van der Waals surface area contributed by atoms with Crippen LogP contribution in [-0.2, 0) is 4.79 Å². The average molecular weight is 398 g/mol. The molecule has 0 unspecified atom stereocenters. The van der Waals surface area contributed by atoms with Crippen LogP contribution in [0.4, 0.5) is 22.7 Å². The largest absolute Gasteiger partial charge is 0.481 e. The van der Waals surface area contributed by atoms with E-state index in [4.69, 9.17) is 4.74 Å². The molecule has 1 N–H and O–H groups in total. The van der Waals surface area contributed by atoms with Crippen LogP contribution in [-0.4, -0.2) is 34.8 Å². The van der Waals surface area contributed by atoms with Crippen molar-refractivity contribution in [3.8, 4) is 5.75 Å². The van der Waals surface area contributed by atoms with Crippen molar-refractivity contribution in [3.05, 3.63) is 74.8 Å². The van der Waals surface area contributed by atoms with Crippen LogP contribution in [0.25, 0.3) is 0 Å². The zero-order valence-electron chi connectivity index (χ0n) is 14.9. The number of nitro benzene ring substituents is 2. The predicted molar refractivity (Wildman–Crippen MR) is 102 cm³/mol. The fourth-order valence-electron chi connectivity index (χ4n) is 2.75. The van der Waals surface area contributed by atoms with E-state index in [1.165, 1.54) is 17.0 Å². The molecule has 11 heteroatoms. The number of nitro groups is 2. The Morgan fingerprint density at radius 1 is 1.17 bits per heavy atom. The van der Waals surface area contributed by atoms with Gasteiger partial charge in [0.25, 0.3) is 23.2 Å². The third-order valence-electron chi connectivity index (χ3n) is 4.06. The standard InChI is InChI=1S/C18H14N4O7/c1-2-5-20-15-4-3-12(8-16(15)29-10-17(20)23)19-18(24)11-6-13(21(25)26)9-14(7-11)22(27)28/h2-4,6-9H,1,5,10H2,(H,19,24). The fourth-order valence-corrected chi connectivity index (χ4v) is 2.75. The van der Waals surface area contributed by atoms with E-state index in [2.05, 4.69) is 11.9 Å². The van der Waals surface area contributed by atoms with Crippen molar-refractivity contribution < 1.29 is 24.2 Å². The number of hydrogen-bond acceptors (Lipinski definition) is 7. The molecule has 148 valence electrons. The summed E-state index contributed by atoms with van der Waals surface area (Å²) >= 11 is 0. The van der Waals surface area contributed by atoms with Crippen molar-refractivity contribution in [1.29, 1.82) is 0 Å². The number of amides is 2. The number of ether oxygens (including phenoxy) is 1. The lowest BCUT2D eigenvalue weighted by Crippen LogP contribution is -2.38. The molecule has 1 heterocycles. The van der Waals surface area contributed by atoms with Gasteiger partial charge in [0.2, 0.25) is 0 Å². The van der Waals surface area contributed by atoms with Crippen LogP contribution >= 0.6 is 0 Å². The minimum atomic E-state index is -0.818. The molecule has 1 aliphatic heterocycles. The highest BCUT2D eigenvalue weighted by Crippen LogP contribution is 2.34. The topological polar surface area (TPSA) is 145 Å². The first-order valence-electron chi connectivity index (χ1n) is 8.23. The molecule has 0 bridgehead atoms. The summed E-state index contributed by atoms with van der Waals surface area (Å²) in [4.78, 5) is 46.2. The van der Waals surface area contributed by atoms with Crippen LogP contribution in [0, 0.1) is 20.2 Å². The van der Waals surface area contributed by atoms with Crippen molar-refractivity contribution in [2.24, 2.45) is 0 Å². The van der Waals surface area contributed by atoms with E-state index in [1.54, 1.807) is 12.1 Å². The van der Waals surface area contributed by atoms with Gasteiger partial charge in [-0.3, -0.25) is 29.8 Å². The second-order valence-electron chi connectivity index (χ2n) is 5.97. The SMILES string of the molecule is C=CCN1C(=O)COc2cc(NC(=O)c3cc([N+](=O)[O-])cc([N+](=O)[O-])c3)ccc21. The summed E-state index contributed by atoms with van der Waals surface area (Å²) in [5.41, 5.74) is -0.595. The van der Waals surface area contributed by atoms with Crippen LogP contribution in [0.1, 0.15) is 10.4 Å². The third-order valence-corrected chi connectivity index (χ3v) is 4.06. The number of anilines is 2. The Morgan fingerprint density at radius 3 is 2.41 bits per heavy atom. The van der Waals surface area contributed by atoms with Crippen LogP contribution in [0.5, 0.6) is 5.75 Å². The molecular formula is C18H14N4O7. The molecule has 2 aromatic rings. The van der Waals surface area contributed by atoms with Gasteiger partial charge in [-0.25, -0.2) is 0 Å². The Balaban J connectivity index is 1.88. The number of fused-ring (bicyclic) bond motifs is 1. The Bertz CT molecular complexity index is 1020. The summed E-state index contributed by atoms with van der Waals surface area (Å²) in [6.45, 7) is 3.72. The quantitative estimate of drug-likeness (QED) is 0.447. The van der Waals surface area contributed by atoms with E-state index >= 15 is 0 Å². The molecule has 0 fully saturated rings. The lowest BCUT2D eigenvalue weighted by molar-refractivity contribution is -0.394. The molecule has 0 spiro atoms. The van der Waals surface area contributed by atoms with Gasteiger partial charge in [-0.1, -0.05) is 6.08 Å². The monoisotopic (exact) mass is 398 g/mol. The summed E-state index contributed by atoms with van der Waals surface area (Å²) in [6, 6.07) is 7.24. The third kappa shape index (κ3) is 4.03. The van der Waals surface area contributed by atoms with Gasteiger partial charge < -0.3 is 15.0 Å². The Kier molecular flexibility index (Phi) is 5.21. The molecule has 2 aromatic carbocycles. The van der Waals surface area contributed by atoms with Crippen LogP contribution in [0.15, 0.2) is 49.1 Å². The highest BCUT2D eigenvalue weighted by atomic mass is 16.6. The highest BCUT2D eigenvalue weighted by Gasteiger charge is 2.25. The Labute approximate surface area is 163 Å². The van der Waals surface area contributed by atoms with Crippen molar-refractivity contribution in [2.45, 2.75) is 0 Å². The highest BCUT2D eigenvalue weighted by molar-refractivity contribution is 6.06. The summed E-state index contributed by atoms with van der Waals surface area (Å²) in [5.74, 6) is -0.654. The maximum Gasteiger partial charge on any atom is 0.277 e. The van der Waals surface area contributed by atoms with Crippen molar-refractivity contribution in [3.63, 3.8) is 0 Å². The van der Waals surface area contributed by atoms with Gasteiger partial charge in [0.1, 0.15) is 5.75 Å².